The minimum atomic E-state index is -0.0665. The van der Waals surface area contributed by atoms with Crippen molar-refractivity contribution in [1.82, 2.24) is 9.97 Å². The van der Waals surface area contributed by atoms with E-state index in [1.807, 2.05) is 30.3 Å². The van der Waals surface area contributed by atoms with E-state index in [4.69, 9.17) is 0 Å². The van der Waals surface area contributed by atoms with Crippen LogP contribution in [0.1, 0.15) is 18.4 Å². The van der Waals surface area contributed by atoms with Gasteiger partial charge in [-0.05, 0) is 44.0 Å². The number of para-hydroxylation sites is 1. The number of nitrogens with zero attached hydrogens (tertiary/aromatic N) is 3. The highest BCUT2D eigenvalue weighted by Gasteiger charge is 2.28. The van der Waals surface area contributed by atoms with Gasteiger partial charge in [-0.25, -0.2) is 9.97 Å². The molecule has 1 N–H and O–H groups in total. The van der Waals surface area contributed by atoms with Crippen LogP contribution in [0.3, 0.4) is 0 Å². The van der Waals surface area contributed by atoms with E-state index in [0.29, 0.717) is 6.54 Å². The summed E-state index contributed by atoms with van der Waals surface area (Å²) in [6.45, 7) is 3.62. The zero-order chi connectivity index (χ0) is 20.1. The van der Waals surface area contributed by atoms with Gasteiger partial charge in [-0.3, -0.25) is 4.79 Å². The van der Waals surface area contributed by atoms with Crippen LogP contribution in [0.5, 0.6) is 0 Å². The van der Waals surface area contributed by atoms with Crippen molar-refractivity contribution in [3.05, 3.63) is 72.6 Å². The van der Waals surface area contributed by atoms with Crippen molar-refractivity contribution in [3.63, 3.8) is 0 Å². The summed E-state index contributed by atoms with van der Waals surface area (Å²) in [4.78, 5) is 25.3. The molecule has 3 aromatic rings. The van der Waals surface area contributed by atoms with E-state index in [0.717, 1.165) is 40.8 Å². The lowest BCUT2D eigenvalue weighted by molar-refractivity contribution is -0.120. The molecule has 1 amide bonds. The first-order valence-electron chi connectivity index (χ1n) is 9.85. The lowest BCUT2D eigenvalue weighted by atomic mass is 9.97. The van der Waals surface area contributed by atoms with Crippen LogP contribution in [0, 0.1) is 12.8 Å². The van der Waals surface area contributed by atoms with Crippen molar-refractivity contribution >= 4 is 29.2 Å². The van der Waals surface area contributed by atoms with Crippen molar-refractivity contribution in [2.24, 2.45) is 5.92 Å². The van der Waals surface area contributed by atoms with E-state index in [2.05, 4.69) is 51.4 Å². The monoisotopic (exact) mass is 404 g/mol. The van der Waals surface area contributed by atoms with Gasteiger partial charge in [0.05, 0.1) is 5.92 Å². The number of benzene rings is 2. The van der Waals surface area contributed by atoms with Gasteiger partial charge >= 0.3 is 0 Å². The van der Waals surface area contributed by atoms with Gasteiger partial charge in [-0.2, -0.15) is 0 Å². The number of aromatic nitrogens is 2. The molecule has 148 valence electrons. The molecular formula is C23H24N4OS. The minimum absolute atomic E-state index is 0.0665. The average molecular weight is 405 g/mol. The second-order valence-electron chi connectivity index (χ2n) is 7.24. The summed E-state index contributed by atoms with van der Waals surface area (Å²) in [5.41, 5.74) is 2.07. The van der Waals surface area contributed by atoms with Crippen molar-refractivity contribution in [2.45, 2.75) is 29.7 Å². The molecule has 0 aliphatic carbocycles. The fraction of sp³-hybridized carbons (Fsp3) is 0.261. The van der Waals surface area contributed by atoms with Crippen LogP contribution in [0.2, 0.25) is 0 Å². The van der Waals surface area contributed by atoms with Gasteiger partial charge in [0.2, 0.25) is 5.91 Å². The molecule has 4 rings (SSSR count). The van der Waals surface area contributed by atoms with Crippen LogP contribution < -0.4 is 10.2 Å². The fourth-order valence-electron chi connectivity index (χ4n) is 3.47. The quantitative estimate of drug-likeness (QED) is 0.662. The Hall–Kier alpha value is -2.86. The molecule has 5 nitrogen and oxygen atoms in total. The zero-order valence-corrected chi connectivity index (χ0v) is 17.2. The number of aryl methyl sites for hydroxylation is 1. The molecule has 2 aromatic carbocycles. The standard InChI is InChI=1S/C23H24N4OS/c1-17-9-11-20(12-10-17)29-23-21(24-13-14-25-23)27-15-5-6-18(16-27)22(28)26-19-7-3-2-4-8-19/h2-4,7-14,18H,5-6,15-16H2,1H3,(H,26,28)/t18-/m0/s1. The number of carbonyl (C=O) groups excluding carboxylic acids is 1. The molecule has 29 heavy (non-hydrogen) atoms. The number of amides is 1. The van der Waals surface area contributed by atoms with Crippen molar-refractivity contribution in [1.29, 1.82) is 0 Å². The van der Waals surface area contributed by atoms with Crippen molar-refractivity contribution < 1.29 is 4.79 Å². The van der Waals surface area contributed by atoms with Crippen LogP contribution >= 0.6 is 11.8 Å². The second-order valence-corrected chi connectivity index (χ2v) is 8.30. The predicted molar refractivity (Wildman–Crippen MR) is 117 cm³/mol. The SMILES string of the molecule is Cc1ccc(Sc2nccnc2N2CCC[C@H](C(=O)Nc3ccccc3)C2)cc1. The molecule has 0 saturated carbocycles. The summed E-state index contributed by atoms with van der Waals surface area (Å²) in [5.74, 6) is 0.857. The van der Waals surface area contributed by atoms with E-state index < -0.39 is 0 Å². The van der Waals surface area contributed by atoms with Crippen molar-refractivity contribution in [2.75, 3.05) is 23.3 Å². The number of hydrogen-bond acceptors (Lipinski definition) is 5. The Morgan fingerprint density at radius 2 is 1.83 bits per heavy atom. The maximum atomic E-state index is 12.8. The Balaban J connectivity index is 1.48. The van der Waals surface area contributed by atoms with Crippen LogP contribution in [0.25, 0.3) is 0 Å². The van der Waals surface area contributed by atoms with E-state index in [-0.39, 0.29) is 11.8 Å². The molecule has 2 heterocycles. The van der Waals surface area contributed by atoms with Crippen LogP contribution in [0.4, 0.5) is 11.5 Å². The summed E-state index contributed by atoms with van der Waals surface area (Å²) < 4.78 is 0. The topological polar surface area (TPSA) is 58.1 Å². The van der Waals surface area contributed by atoms with E-state index in [1.165, 1.54) is 5.56 Å². The molecule has 1 fully saturated rings. The highest BCUT2D eigenvalue weighted by atomic mass is 32.2. The Morgan fingerprint density at radius 1 is 1.07 bits per heavy atom. The van der Waals surface area contributed by atoms with E-state index in [1.54, 1.807) is 24.2 Å². The van der Waals surface area contributed by atoms with E-state index in [9.17, 15) is 4.79 Å². The largest absolute Gasteiger partial charge is 0.354 e. The molecular weight excluding hydrogens is 380 g/mol. The Kier molecular flexibility index (Phi) is 6.10. The number of rotatable bonds is 5. The van der Waals surface area contributed by atoms with Gasteiger partial charge in [0, 0.05) is 36.1 Å². The minimum Gasteiger partial charge on any atom is -0.354 e. The van der Waals surface area contributed by atoms with Gasteiger partial charge in [0.15, 0.2) is 5.82 Å². The molecule has 0 radical (unpaired) electrons. The number of nitrogens with one attached hydrogen (secondary N) is 1. The molecule has 0 bridgehead atoms. The summed E-state index contributed by atoms with van der Waals surface area (Å²) >= 11 is 1.61. The third kappa shape index (κ3) is 4.95. The normalized spacial score (nSPS) is 16.4. The molecule has 1 atom stereocenters. The summed E-state index contributed by atoms with van der Waals surface area (Å²) in [7, 11) is 0. The maximum absolute atomic E-state index is 12.8. The Bertz CT molecular complexity index is 962. The third-order valence-corrected chi connectivity index (χ3v) is 6.00. The lowest BCUT2D eigenvalue weighted by Crippen LogP contribution is -2.41. The van der Waals surface area contributed by atoms with Crippen LogP contribution in [0.15, 0.2) is 76.9 Å². The molecule has 1 aliphatic heterocycles. The number of carbonyl (C=O) groups is 1. The fourth-order valence-corrected chi connectivity index (χ4v) is 4.36. The first-order chi connectivity index (χ1) is 14.2. The number of hydrogen-bond donors (Lipinski definition) is 1. The average Bonchev–Trinajstić information content (AvgIpc) is 2.76. The zero-order valence-electron chi connectivity index (χ0n) is 16.4. The second kappa shape index (κ2) is 9.09. The van der Waals surface area contributed by atoms with Gasteiger partial charge in [0.1, 0.15) is 5.03 Å². The van der Waals surface area contributed by atoms with Gasteiger partial charge in [0.25, 0.3) is 0 Å². The maximum Gasteiger partial charge on any atom is 0.229 e. The van der Waals surface area contributed by atoms with Gasteiger partial charge in [-0.15, -0.1) is 0 Å². The highest BCUT2D eigenvalue weighted by Crippen LogP contribution is 2.34. The third-order valence-electron chi connectivity index (χ3n) is 5.02. The molecule has 1 aromatic heterocycles. The molecule has 0 spiro atoms. The predicted octanol–water partition coefficient (Wildman–Crippen LogP) is 4.79. The molecule has 1 saturated heterocycles. The summed E-state index contributed by atoms with van der Waals surface area (Å²) in [6, 6.07) is 18.0. The van der Waals surface area contributed by atoms with E-state index >= 15 is 0 Å². The smallest absolute Gasteiger partial charge is 0.229 e. The van der Waals surface area contributed by atoms with Crippen LogP contribution in [-0.2, 0) is 4.79 Å². The van der Waals surface area contributed by atoms with Crippen molar-refractivity contribution in [3.8, 4) is 0 Å². The summed E-state index contributed by atoms with van der Waals surface area (Å²) in [6.07, 6.45) is 5.29. The lowest BCUT2D eigenvalue weighted by Gasteiger charge is -2.33. The van der Waals surface area contributed by atoms with Gasteiger partial charge in [-0.1, -0.05) is 47.7 Å². The first kappa shape index (κ1) is 19.5. The molecule has 1 aliphatic rings. The summed E-state index contributed by atoms with van der Waals surface area (Å²) in [5, 5.41) is 3.91. The number of piperidine rings is 1. The Morgan fingerprint density at radius 3 is 2.62 bits per heavy atom. The number of anilines is 2. The first-order valence-corrected chi connectivity index (χ1v) is 10.7. The van der Waals surface area contributed by atoms with Gasteiger partial charge < -0.3 is 10.2 Å². The molecule has 0 unspecified atom stereocenters. The Labute approximate surface area is 175 Å². The van der Waals surface area contributed by atoms with Crippen LogP contribution in [-0.4, -0.2) is 29.0 Å². The highest BCUT2D eigenvalue weighted by molar-refractivity contribution is 7.99. The molecule has 6 heteroatoms.